The molecule has 1 aromatic heterocycles. The summed E-state index contributed by atoms with van der Waals surface area (Å²) in [7, 11) is 2.44. The highest BCUT2D eigenvalue weighted by atomic mass is 32.2. The van der Waals surface area contributed by atoms with Gasteiger partial charge in [-0.15, -0.1) is 0 Å². The average molecular weight is 373 g/mol. The number of carbonyl (C=O) groups is 1. The van der Waals surface area contributed by atoms with E-state index in [0.717, 1.165) is 0 Å². The highest BCUT2D eigenvalue weighted by molar-refractivity contribution is 7.89. The first-order chi connectivity index (χ1) is 11.8. The second-order valence-corrected chi connectivity index (χ2v) is 8.08. The van der Waals surface area contributed by atoms with Crippen molar-refractivity contribution < 1.29 is 27.4 Å². The number of hydrogen-bond donors (Lipinski definition) is 1. The maximum Gasteiger partial charge on any atom is 0.257 e. The SMILES string of the molecule is COc1ccc(C(=O)N[C@@H]2COC[C@H]2CS(=O)(=O)N(C)C)c(OC)n1. The average Bonchev–Trinajstić information content (AvgIpc) is 3.00. The number of methoxy groups -OCH3 is 2. The zero-order valence-electron chi connectivity index (χ0n) is 14.7. The molecule has 0 aromatic carbocycles. The summed E-state index contributed by atoms with van der Waals surface area (Å²) in [5, 5.41) is 2.81. The number of aromatic nitrogens is 1. The molecule has 10 heteroatoms. The summed E-state index contributed by atoms with van der Waals surface area (Å²) in [5.74, 6) is -0.368. The third kappa shape index (κ3) is 4.59. The number of hydrogen-bond acceptors (Lipinski definition) is 7. The van der Waals surface area contributed by atoms with E-state index in [1.807, 2.05) is 0 Å². The number of nitrogens with zero attached hydrogens (tertiary/aromatic N) is 2. The Balaban J connectivity index is 2.12. The Kier molecular flexibility index (Phi) is 6.20. The zero-order valence-corrected chi connectivity index (χ0v) is 15.5. The summed E-state index contributed by atoms with van der Waals surface area (Å²) < 4.78 is 40.8. The molecule has 0 radical (unpaired) electrons. The van der Waals surface area contributed by atoms with Crippen LogP contribution < -0.4 is 14.8 Å². The van der Waals surface area contributed by atoms with Crippen molar-refractivity contribution in [2.75, 3.05) is 47.3 Å². The molecule has 1 amide bonds. The van der Waals surface area contributed by atoms with Crippen molar-refractivity contribution in [1.29, 1.82) is 0 Å². The molecular formula is C15H23N3O6S. The second-order valence-electron chi connectivity index (χ2n) is 5.85. The minimum Gasteiger partial charge on any atom is -0.481 e. The van der Waals surface area contributed by atoms with Crippen molar-refractivity contribution in [1.82, 2.24) is 14.6 Å². The van der Waals surface area contributed by atoms with Crippen molar-refractivity contribution in [3.05, 3.63) is 17.7 Å². The number of carbonyl (C=O) groups excluding carboxylic acids is 1. The molecule has 1 fully saturated rings. The van der Waals surface area contributed by atoms with E-state index in [2.05, 4.69) is 10.3 Å². The van der Waals surface area contributed by atoms with Crippen LogP contribution in [0.5, 0.6) is 11.8 Å². The number of pyridine rings is 1. The van der Waals surface area contributed by atoms with Crippen LogP contribution in [0.15, 0.2) is 12.1 Å². The van der Waals surface area contributed by atoms with Crippen LogP contribution in [0.3, 0.4) is 0 Å². The maximum atomic E-state index is 12.5. The number of nitrogens with one attached hydrogen (secondary N) is 1. The first-order valence-electron chi connectivity index (χ1n) is 7.66. The highest BCUT2D eigenvalue weighted by Crippen LogP contribution is 2.22. The van der Waals surface area contributed by atoms with Crippen molar-refractivity contribution in [2.45, 2.75) is 6.04 Å². The van der Waals surface area contributed by atoms with Crippen LogP contribution in [-0.2, 0) is 14.8 Å². The third-order valence-electron chi connectivity index (χ3n) is 3.98. The van der Waals surface area contributed by atoms with Gasteiger partial charge in [0, 0.05) is 26.1 Å². The Morgan fingerprint density at radius 3 is 2.64 bits per heavy atom. The lowest BCUT2D eigenvalue weighted by Gasteiger charge is -2.21. The van der Waals surface area contributed by atoms with E-state index in [0.29, 0.717) is 5.88 Å². The molecule has 0 aliphatic carbocycles. The van der Waals surface area contributed by atoms with E-state index in [1.54, 1.807) is 12.1 Å². The summed E-state index contributed by atoms with van der Waals surface area (Å²) in [4.78, 5) is 16.6. The molecule has 1 aliphatic rings. The first kappa shape index (κ1) is 19.4. The van der Waals surface area contributed by atoms with Crippen LogP contribution in [0.25, 0.3) is 0 Å². The van der Waals surface area contributed by atoms with Crippen LogP contribution in [0.1, 0.15) is 10.4 Å². The molecule has 140 valence electrons. The molecule has 0 unspecified atom stereocenters. The summed E-state index contributed by atoms with van der Waals surface area (Å²) in [6.07, 6.45) is 0. The normalized spacial score (nSPS) is 20.5. The van der Waals surface area contributed by atoms with Crippen LogP contribution in [0.4, 0.5) is 0 Å². The van der Waals surface area contributed by atoms with E-state index in [9.17, 15) is 13.2 Å². The maximum absolute atomic E-state index is 12.5. The molecule has 0 saturated carbocycles. The number of rotatable bonds is 7. The lowest BCUT2D eigenvalue weighted by molar-refractivity contribution is 0.0922. The van der Waals surface area contributed by atoms with Gasteiger partial charge in [-0.3, -0.25) is 4.79 Å². The van der Waals surface area contributed by atoms with Gasteiger partial charge in [-0.05, 0) is 6.07 Å². The molecule has 2 atom stereocenters. The van der Waals surface area contributed by atoms with E-state index < -0.39 is 22.0 Å². The minimum atomic E-state index is -3.39. The molecule has 9 nitrogen and oxygen atoms in total. The molecule has 1 saturated heterocycles. The molecule has 25 heavy (non-hydrogen) atoms. The fourth-order valence-corrected chi connectivity index (χ4v) is 3.62. The standard InChI is InChI=1S/C15H23N3O6S/c1-18(2)25(20,21)9-10-7-24-8-12(10)16-14(19)11-5-6-13(22-3)17-15(11)23-4/h5-6,10,12H,7-9H2,1-4H3,(H,16,19)/t10-,12+/m0/s1. The van der Waals surface area contributed by atoms with Gasteiger partial charge in [0.25, 0.3) is 5.91 Å². The predicted octanol–water partition coefficient (Wildman–Crippen LogP) is -0.265. The van der Waals surface area contributed by atoms with Crippen LogP contribution in [-0.4, -0.2) is 76.9 Å². The van der Waals surface area contributed by atoms with Crippen molar-refractivity contribution in [3.8, 4) is 11.8 Å². The number of ether oxygens (including phenoxy) is 3. The first-order valence-corrected chi connectivity index (χ1v) is 9.27. The van der Waals surface area contributed by atoms with Gasteiger partial charge in [0.2, 0.25) is 21.8 Å². The summed E-state index contributed by atoms with van der Waals surface area (Å²) >= 11 is 0. The van der Waals surface area contributed by atoms with Crippen molar-refractivity contribution >= 4 is 15.9 Å². The van der Waals surface area contributed by atoms with Gasteiger partial charge in [-0.25, -0.2) is 12.7 Å². The van der Waals surface area contributed by atoms with Crippen LogP contribution >= 0.6 is 0 Å². The topological polar surface area (TPSA) is 107 Å². The Morgan fingerprint density at radius 2 is 2.04 bits per heavy atom. The van der Waals surface area contributed by atoms with Gasteiger partial charge in [0.15, 0.2) is 0 Å². The molecule has 0 bridgehead atoms. The molecule has 1 aromatic rings. The van der Waals surface area contributed by atoms with E-state index >= 15 is 0 Å². The summed E-state index contributed by atoms with van der Waals surface area (Å²) in [5.41, 5.74) is 0.240. The smallest absolute Gasteiger partial charge is 0.257 e. The molecule has 0 spiro atoms. The Labute approximate surface area is 147 Å². The Morgan fingerprint density at radius 1 is 1.32 bits per heavy atom. The Hall–Kier alpha value is -1.91. The van der Waals surface area contributed by atoms with Gasteiger partial charge in [0.05, 0.1) is 39.2 Å². The van der Waals surface area contributed by atoms with Gasteiger partial charge in [-0.2, -0.15) is 4.98 Å². The van der Waals surface area contributed by atoms with E-state index in [1.165, 1.54) is 32.6 Å². The quantitative estimate of drug-likeness (QED) is 0.701. The number of sulfonamides is 1. The third-order valence-corrected chi connectivity index (χ3v) is 5.94. The molecule has 1 aliphatic heterocycles. The monoisotopic (exact) mass is 373 g/mol. The largest absolute Gasteiger partial charge is 0.481 e. The van der Waals surface area contributed by atoms with Crippen LogP contribution in [0, 0.1) is 5.92 Å². The minimum absolute atomic E-state index is 0.0943. The Bertz CT molecular complexity index is 722. The lowest BCUT2D eigenvalue weighted by Crippen LogP contribution is -2.43. The summed E-state index contributed by atoms with van der Waals surface area (Å²) in [6, 6.07) is 2.69. The number of amides is 1. The lowest BCUT2D eigenvalue weighted by atomic mass is 10.1. The van der Waals surface area contributed by atoms with Gasteiger partial charge < -0.3 is 19.5 Å². The second kappa shape index (κ2) is 7.98. The van der Waals surface area contributed by atoms with Crippen molar-refractivity contribution in [3.63, 3.8) is 0 Å². The molecular weight excluding hydrogens is 350 g/mol. The summed E-state index contributed by atoms with van der Waals surface area (Å²) in [6.45, 7) is 0.529. The molecule has 2 rings (SSSR count). The molecule has 1 N–H and O–H groups in total. The molecule has 2 heterocycles. The van der Waals surface area contributed by atoms with Crippen molar-refractivity contribution in [2.24, 2.45) is 5.92 Å². The zero-order chi connectivity index (χ0) is 18.6. The highest BCUT2D eigenvalue weighted by Gasteiger charge is 2.34. The fraction of sp³-hybridized carbons (Fsp3) is 0.600. The van der Waals surface area contributed by atoms with E-state index in [-0.39, 0.29) is 36.3 Å². The predicted molar refractivity (Wildman–Crippen MR) is 90.4 cm³/mol. The van der Waals surface area contributed by atoms with Gasteiger partial charge in [0.1, 0.15) is 5.56 Å². The van der Waals surface area contributed by atoms with Gasteiger partial charge >= 0.3 is 0 Å². The van der Waals surface area contributed by atoms with Gasteiger partial charge in [-0.1, -0.05) is 0 Å². The fourth-order valence-electron chi connectivity index (χ4n) is 2.45. The van der Waals surface area contributed by atoms with Crippen LogP contribution in [0.2, 0.25) is 0 Å². The van der Waals surface area contributed by atoms with E-state index in [4.69, 9.17) is 14.2 Å².